The fraction of sp³-hybridized carbons (Fsp3) is 0.462. The maximum Gasteiger partial charge on any atom is 0.255 e. The lowest BCUT2D eigenvalue weighted by Crippen LogP contribution is -2.48. The fourth-order valence-corrected chi connectivity index (χ4v) is 2.70. The minimum Gasteiger partial charge on any atom is -0.399 e. The van der Waals surface area contributed by atoms with Crippen molar-refractivity contribution in [2.24, 2.45) is 0 Å². The molecule has 1 aliphatic rings. The maximum absolute atomic E-state index is 12.5. The van der Waals surface area contributed by atoms with Gasteiger partial charge in [0, 0.05) is 18.8 Å². The van der Waals surface area contributed by atoms with Gasteiger partial charge in [-0.15, -0.1) is 0 Å². The molecule has 1 fully saturated rings. The number of hydrogen-bond donors (Lipinski definition) is 1. The number of morpholine rings is 1. The largest absolute Gasteiger partial charge is 0.399 e. The van der Waals surface area contributed by atoms with Gasteiger partial charge in [0.2, 0.25) is 0 Å². The predicted octanol–water partition coefficient (Wildman–Crippen LogP) is 2.83. The van der Waals surface area contributed by atoms with Crippen molar-refractivity contribution in [3.63, 3.8) is 0 Å². The van der Waals surface area contributed by atoms with E-state index in [0.29, 0.717) is 29.4 Å². The Labute approximate surface area is 122 Å². The first kappa shape index (κ1) is 14.4. The van der Waals surface area contributed by atoms with E-state index in [1.54, 1.807) is 11.0 Å². The molecule has 1 aromatic carbocycles. The van der Waals surface area contributed by atoms with E-state index in [9.17, 15) is 4.79 Å². The van der Waals surface area contributed by atoms with E-state index in [1.807, 2.05) is 13.8 Å². The van der Waals surface area contributed by atoms with Crippen molar-refractivity contribution in [1.82, 2.24) is 4.90 Å². The Morgan fingerprint density at radius 2 is 1.89 bits per heavy atom. The molecule has 1 heterocycles. The van der Waals surface area contributed by atoms with E-state index in [0.717, 1.165) is 0 Å². The van der Waals surface area contributed by atoms with Crippen LogP contribution >= 0.6 is 23.2 Å². The standard InChI is InChI=1S/C13H16Cl2N2O2/c1-7-5-17(6-8(2)19-7)13(18)10-3-9(16)4-11(14)12(10)15/h3-4,7-8H,5-6,16H2,1-2H3/t7-,8+. The fourth-order valence-electron chi connectivity index (χ4n) is 2.28. The highest BCUT2D eigenvalue weighted by atomic mass is 35.5. The summed E-state index contributed by atoms with van der Waals surface area (Å²) in [5.74, 6) is -0.166. The van der Waals surface area contributed by atoms with Crippen LogP contribution in [0.5, 0.6) is 0 Å². The zero-order valence-corrected chi connectivity index (χ0v) is 12.3. The molecule has 4 nitrogen and oxygen atoms in total. The molecule has 0 aliphatic carbocycles. The number of nitrogen functional groups attached to an aromatic ring is 1. The van der Waals surface area contributed by atoms with Crippen molar-refractivity contribution >= 4 is 34.8 Å². The molecule has 104 valence electrons. The monoisotopic (exact) mass is 302 g/mol. The molecule has 6 heteroatoms. The van der Waals surface area contributed by atoms with Crippen LogP contribution in [0.3, 0.4) is 0 Å². The number of nitrogens with two attached hydrogens (primary N) is 1. The van der Waals surface area contributed by atoms with Gasteiger partial charge in [0.05, 0.1) is 27.8 Å². The number of carbonyl (C=O) groups is 1. The van der Waals surface area contributed by atoms with E-state index >= 15 is 0 Å². The summed E-state index contributed by atoms with van der Waals surface area (Å²) in [6.07, 6.45) is 0.00557. The van der Waals surface area contributed by atoms with Crippen LogP contribution < -0.4 is 5.73 Å². The van der Waals surface area contributed by atoms with Crippen molar-refractivity contribution in [2.75, 3.05) is 18.8 Å². The van der Waals surface area contributed by atoms with Crippen molar-refractivity contribution in [1.29, 1.82) is 0 Å². The Morgan fingerprint density at radius 3 is 2.47 bits per heavy atom. The quantitative estimate of drug-likeness (QED) is 0.812. The van der Waals surface area contributed by atoms with Gasteiger partial charge in [0.25, 0.3) is 5.91 Å². The average molecular weight is 303 g/mol. The summed E-state index contributed by atoms with van der Waals surface area (Å²) in [7, 11) is 0. The van der Waals surface area contributed by atoms with Gasteiger partial charge < -0.3 is 15.4 Å². The molecule has 0 saturated carbocycles. The van der Waals surface area contributed by atoms with E-state index in [-0.39, 0.29) is 23.1 Å². The molecule has 0 bridgehead atoms. The first-order chi connectivity index (χ1) is 8.88. The molecule has 1 amide bonds. The second-order valence-corrected chi connectivity index (χ2v) is 5.62. The van der Waals surface area contributed by atoms with Gasteiger partial charge in [-0.1, -0.05) is 23.2 Å². The molecular weight excluding hydrogens is 287 g/mol. The van der Waals surface area contributed by atoms with Crippen molar-refractivity contribution in [3.8, 4) is 0 Å². The van der Waals surface area contributed by atoms with Crippen LogP contribution in [-0.4, -0.2) is 36.1 Å². The molecule has 2 rings (SSSR count). The normalized spacial score (nSPS) is 23.5. The summed E-state index contributed by atoms with van der Waals surface area (Å²) in [6, 6.07) is 3.09. The Kier molecular flexibility index (Phi) is 4.23. The molecule has 0 unspecified atom stereocenters. The first-order valence-corrected chi connectivity index (χ1v) is 6.83. The van der Waals surface area contributed by atoms with E-state index < -0.39 is 0 Å². The molecule has 1 aliphatic heterocycles. The van der Waals surface area contributed by atoms with Crippen molar-refractivity contribution in [2.45, 2.75) is 26.1 Å². The number of halogens is 2. The average Bonchev–Trinajstić information content (AvgIpc) is 2.31. The highest BCUT2D eigenvalue weighted by Crippen LogP contribution is 2.30. The Bertz CT molecular complexity index is 498. The molecule has 1 saturated heterocycles. The van der Waals surface area contributed by atoms with E-state index in [1.165, 1.54) is 6.07 Å². The molecule has 0 radical (unpaired) electrons. The smallest absolute Gasteiger partial charge is 0.255 e. The molecule has 0 aromatic heterocycles. The van der Waals surface area contributed by atoms with Crippen molar-refractivity contribution < 1.29 is 9.53 Å². The molecule has 2 atom stereocenters. The Hall–Kier alpha value is -0.970. The summed E-state index contributed by atoms with van der Waals surface area (Å²) in [6.45, 7) is 4.94. The van der Waals surface area contributed by atoms with Crippen molar-refractivity contribution in [3.05, 3.63) is 27.7 Å². The minimum absolute atomic E-state index is 0.00278. The van der Waals surface area contributed by atoms with Crippen LogP contribution in [0.4, 0.5) is 5.69 Å². The number of anilines is 1. The third kappa shape index (κ3) is 3.14. The molecular formula is C13H16Cl2N2O2. The molecule has 0 spiro atoms. The van der Waals surface area contributed by atoms with Gasteiger partial charge in [-0.2, -0.15) is 0 Å². The zero-order valence-electron chi connectivity index (χ0n) is 10.8. The molecule has 1 aromatic rings. The SMILES string of the molecule is C[C@@H]1CN(C(=O)c2cc(N)cc(Cl)c2Cl)C[C@H](C)O1. The third-order valence-electron chi connectivity index (χ3n) is 2.99. The van der Waals surface area contributed by atoms with Crippen LogP contribution in [0.1, 0.15) is 24.2 Å². The lowest BCUT2D eigenvalue weighted by atomic mass is 10.1. The van der Waals surface area contributed by atoms with E-state index in [4.69, 9.17) is 33.7 Å². The predicted molar refractivity (Wildman–Crippen MR) is 76.8 cm³/mol. The van der Waals surface area contributed by atoms with Gasteiger partial charge in [0.15, 0.2) is 0 Å². The summed E-state index contributed by atoms with van der Waals surface area (Å²) >= 11 is 12.0. The summed E-state index contributed by atoms with van der Waals surface area (Å²) in [5.41, 5.74) is 6.48. The second-order valence-electron chi connectivity index (χ2n) is 4.83. The maximum atomic E-state index is 12.5. The van der Waals surface area contributed by atoms with E-state index in [2.05, 4.69) is 0 Å². The number of benzene rings is 1. The minimum atomic E-state index is -0.166. The number of ether oxygens (including phenoxy) is 1. The number of amides is 1. The van der Waals surface area contributed by atoms with Crippen LogP contribution in [-0.2, 0) is 4.74 Å². The molecule has 19 heavy (non-hydrogen) atoms. The topological polar surface area (TPSA) is 55.6 Å². The number of nitrogens with zero attached hydrogens (tertiary/aromatic N) is 1. The van der Waals surface area contributed by atoms with Crippen LogP contribution in [0.2, 0.25) is 10.0 Å². The number of hydrogen-bond acceptors (Lipinski definition) is 3. The van der Waals surface area contributed by atoms with Crippen LogP contribution in [0.25, 0.3) is 0 Å². The summed E-state index contributed by atoms with van der Waals surface area (Å²) < 4.78 is 5.60. The second kappa shape index (κ2) is 5.57. The Balaban J connectivity index is 2.29. The van der Waals surface area contributed by atoms with Gasteiger partial charge in [-0.05, 0) is 26.0 Å². The van der Waals surface area contributed by atoms with Gasteiger partial charge in [-0.3, -0.25) is 4.79 Å². The lowest BCUT2D eigenvalue weighted by molar-refractivity contribution is -0.0586. The molecule has 2 N–H and O–H groups in total. The summed E-state index contributed by atoms with van der Waals surface area (Å²) in [5, 5.41) is 0.534. The third-order valence-corrected chi connectivity index (χ3v) is 3.79. The van der Waals surface area contributed by atoms with Gasteiger partial charge in [-0.25, -0.2) is 0 Å². The number of rotatable bonds is 1. The highest BCUT2D eigenvalue weighted by Gasteiger charge is 2.28. The first-order valence-electron chi connectivity index (χ1n) is 6.07. The lowest BCUT2D eigenvalue weighted by Gasteiger charge is -2.35. The highest BCUT2D eigenvalue weighted by molar-refractivity contribution is 6.44. The van der Waals surface area contributed by atoms with Gasteiger partial charge >= 0.3 is 0 Å². The zero-order chi connectivity index (χ0) is 14.2. The van der Waals surface area contributed by atoms with Gasteiger partial charge in [0.1, 0.15) is 0 Å². The van der Waals surface area contributed by atoms with Crippen LogP contribution in [0, 0.1) is 0 Å². The number of carbonyl (C=O) groups excluding carboxylic acids is 1. The Morgan fingerprint density at radius 1 is 1.32 bits per heavy atom. The van der Waals surface area contributed by atoms with Crippen LogP contribution in [0.15, 0.2) is 12.1 Å². The summed E-state index contributed by atoms with van der Waals surface area (Å²) in [4.78, 5) is 14.2.